The summed E-state index contributed by atoms with van der Waals surface area (Å²) in [7, 11) is 0. The molecule has 0 spiro atoms. The standard InChI is InChI=1S/C15H13BrO2/c16-15-10-14(7-6-13(15)8-9-17)18-11-12-4-2-1-3-5-12/h1-7,9-10H,8,11H2. The van der Waals surface area contributed by atoms with E-state index in [4.69, 9.17) is 4.74 Å². The summed E-state index contributed by atoms with van der Waals surface area (Å²) in [5.41, 5.74) is 2.10. The van der Waals surface area contributed by atoms with E-state index in [1.807, 2.05) is 48.5 Å². The molecule has 0 heterocycles. The van der Waals surface area contributed by atoms with Crippen LogP contribution in [0, 0.1) is 0 Å². The smallest absolute Gasteiger partial charge is 0.124 e. The van der Waals surface area contributed by atoms with Gasteiger partial charge >= 0.3 is 0 Å². The van der Waals surface area contributed by atoms with Crippen molar-refractivity contribution in [3.63, 3.8) is 0 Å². The van der Waals surface area contributed by atoms with Crippen molar-refractivity contribution in [1.82, 2.24) is 0 Å². The van der Waals surface area contributed by atoms with Gasteiger partial charge < -0.3 is 9.53 Å². The number of carbonyl (C=O) groups excluding carboxylic acids is 1. The molecule has 2 rings (SSSR count). The van der Waals surface area contributed by atoms with E-state index in [9.17, 15) is 4.79 Å². The van der Waals surface area contributed by atoms with Crippen molar-refractivity contribution >= 4 is 22.2 Å². The average Bonchev–Trinajstić information content (AvgIpc) is 2.41. The molecule has 0 atom stereocenters. The highest BCUT2D eigenvalue weighted by Crippen LogP contribution is 2.23. The Labute approximate surface area is 115 Å². The van der Waals surface area contributed by atoms with E-state index in [0.717, 1.165) is 27.6 Å². The molecule has 3 heteroatoms. The van der Waals surface area contributed by atoms with Gasteiger partial charge in [-0.1, -0.05) is 52.3 Å². The molecule has 0 aliphatic rings. The third-order valence-electron chi connectivity index (χ3n) is 2.58. The molecule has 0 aromatic heterocycles. The monoisotopic (exact) mass is 304 g/mol. The third-order valence-corrected chi connectivity index (χ3v) is 3.31. The van der Waals surface area contributed by atoms with Gasteiger partial charge in [-0.3, -0.25) is 0 Å². The second-order valence-electron chi connectivity index (χ2n) is 3.90. The molecule has 0 aliphatic carbocycles. The maximum atomic E-state index is 10.5. The number of hydrogen-bond acceptors (Lipinski definition) is 2. The minimum atomic E-state index is 0.416. The first-order chi connectivity index (χ1) is 8.79. The van der Waals surface area contributed by atoms with Gasteiger partial charge in [0.1, 0.15) is 18.6 Å². The van der Waals surface area contributed by atoms with E-state index in [2.05, 4.69) is 15.9 Å². The van der Waals surface area contributed by atoms with Gasteiger partial charge in [0.25, 0.3) is 0 Å². The number of halogens is 1. The Hall–Kier alpha value is -1.61. The molecule has 0 saturated heterocycles. The van der Waals surface area contributed by atoms with Crippen molar-refractivity contribution in [3.8, 4) is 5.75 Å². The minimum Gasteiger partial charge on any atom is -0.489 e. The van der Waals surface area contributed by atoms with Crippen LogP contribution in [-0.2, 0) is 17.8 Å². The Morgan fingerprint density at radius 1 is 1.11 bits per heavy atom. The largest absolute Gasteiger partial charge is 0.489 e. The molecule has 0 saturated carbocycles. The van der Waals surface area contributed by atoms with Crippen LogP contribution >= 0.6 is 15.9 Å². The molecular weight excluding hydrogens is 292 g/mol. The molecule has 2 aromatic rings. The lowest BCUT2D eigenvalue weighted by Crippen LogP contribution is -1.96. The molecule has 0 unspecified atom stereocenters. The fourth-order valence-electron chi connectivity index (χ4n) is 1.61. The van der Waals surface area contributed by atoms with Crippen LogP contribution in [0.4, 0.5) is 0 Å². The fraction of sp³-hybridized carbons (Fsp3) is 0.133. The summed E-state index contributed by atoms with van der Waals surface area (Å²) in [4.78, 5) is 10.5. The number of rotatable bonds is 5. The van der Waals surface area contributed by atoms with E-state index in [0.29, 0.717) is 13.0 Å². The van der Waals surface area contributed by atoms with Crippen LogP contribution in [-0.4, -0.2) is 6.29 Å². The molecule has 0 amide bonds. The first kappa shape index (κ1) is 12.8. The molecule has 2 nitrogen and oxygen atoms in total. The second-order valence-corrected chi connectivity index (χ2v) is 4.75. The highest BCUT2D eigenvalue weighted by Gasteiger charge is 2.02. The van der Waals surface area contributed by atoms with Gasteiger partial charge in [0, 0.05) is 10.9 Å². The molecule has 0 radical (unpaired) electrons. The number of benzene rings is 2. The molecule has 2 aromatic carbocycles. The molecular formula is C15H13BrO2. The summed E-state index contributed by atoms with van der Waals surface area (Å²) in [5.74, 6) is 0.792. The van der Waals surface area contributed by atoms with Gasteiger partial charge in [-0.15, -0.1) is 0 Å². The third kappa shape index (κ3) is 3.44. The van der Waals surface area contributed by atoms with Gasteiger partial charge in [-0.25, -0.2) is 0 Å². The molecule has 0 bridgehead atoms. The van der Waals surface area contributed by atoms with Gasteiger partial charge in [-0.05, 0) is 23.3 Å². The Bertz CT molecular complexity index is 523. The first-order valence-corrected chi connectivity index (χ1v) is 6.47. The lowest BCUT2D eigenvalue weighted by Gasteiger charge is -2.08. The van der Waals surface area contributed by atoms with E-state index in [1.54, 1.807) is 0 Å². The zero-order valence-electron chi connectivity index (χ0n) is 9.80. The lowest BCUT2D eigenvalue weighted by atomic mass is 10.1. The summed E-state index contributed by atoms with van der Waals surface area (Å²) in [6.07, 6.45) is 1.31. The number of hydrogen-bond donors (Lipinski definition) is 0. The van der Waals surface area contributed by atoms with E-state index >= 15 is 0 Å². The number of ether oxygens (including phenoxy) is 1. The van der Waals surface area contributed by atoms with Crippen molar-refractivity contribution in [2.45, 2.75) is 13.0 Å². The van der Waals surface area contributed by atoms with E-state index in [1.165, 1.54) is 0 Å². The van der Waals surface area contributed by atoms with Crippen molar-refractivity contribution in [3.05, 3.63) is 64.1 Å². The molecule has 0 N–H and O–H groups in total. The highest BCUT2D eigenvalue weighted by atomic mass is 79.9. The van der Waals surface area contributed by atoms with Crippen molar-refractivity contribution in [2.24, 2.45) is 0 Å². The highest BCUT2D eigenvalue weighted by molar-refractivity contribution is 9.10. The van der Waals surface area contributed by atoms with Gasteiger partial charge in [0.15, 0.2) is 0 Å². The van der Waals surface area contributed by atoms with Crippen LogP contribution in [0.5, 0.6) is 5.75 Å². The average molecular weight is 305 g/mol. The summed E-state index contributed by atoms with van der Waals surface area (Å²) in [6, 6.07) is 15.7. The summed E-state index contributed by atoms with van der Waals surface area (Å²) >= 11 is 3.44. The predicted molar refractivity (Wildman–Crippen MR) is 74.7 cm³/mol. The van der Waals surface area contributed by atoms with Crippen LogP contribution in [0.25, 0.3) is 0 Å². The van der Waals surface area contributed by atoms with Crippen LogP contribution in [0.1, 0.15) is 11.1 Å². The minimum absolute atomic E-state index is 0.416. The number of carbonyl (C=O) groups is 1. The maximum Gasteiger partial charge on any atom is 0.124 e. The van der Waals surface area contributed by atoms with Gasteiger partial charge in [0.05, 0.1) is 0 Å². The quantitative estimate of drug-likeness (QED) is 0.786. The van der Waals surface area contributed by atoms with E-state index < -0.39 is 0 Å². The van der Waals surface area contributed by atoms with Crippen molar-refractivity contribution in [2.75, 3.05) is 0 Å². The number of aldehydes is 1. The van der Waals surface area contributed by atoms with Crippen molar-refractivity contribution < 1.29 is 9.53 Å². The SMILES string of the molecule is O=CCc1ccc(OCc2ccccc2)cc1Br. The lowest BCUT2D eigenvalue weighted by molar-refractivity contribution is -0.107. The summed E-state index contributed by atoms with van der Waals surface area (Å²) in [5, 5.41) is 0. The van der Waals surface area contributed by atoms with E-state index in [-0.39, 0.29) is 0 Å². The van der Waals surface area contributed by atoms with Crippen LogP contribution in [0.3, 0.4) is 0 Å². The summed E-state index contributed by atoms with van der Waals surface area (Å²) in [6.45, 7) is 0.542. The zero-order chi connectivity index (χ0) is 12.8. The molecule has 18 heavy (non-hydrogen) atoms. The maximum absolute atomic E-state index is 10.5. The Morgan fingerprint density at radius 2 is 1.89 bits per heavy atom. The fourth-order valence-corrected chi connectivity index (χ4v) is 2.13. The van der Waals surface area contributed by atoms with Crippen LogP contribution in [0.2, 0.25) is 0 Å². The van der Waals surface area contributed by atoms with Crippen LogP contribution in [0.15, 0.2) is 53.0 Å². The van der Waals surface area contributed by atoms with Crippen LogP contribution < -0.4 is 4.74 Å². The summed E-state index contributed by atoms with van der Waals surface area (Å²) < 4.78 is 6.59. The first-order valence-electron chi connectivity index (χ1n) is 5.68. The normalized spacial score (nSPS) is 10.1. The molecule has 0 fully saturated rings. The molecule has 0 aliphatic heterocycles. The van der Waals surface area contributed by atoms with Gasteiger partial charge in [-0.2, -0.15) is 0 Å². The predicted octanol–water partition coefficient (Wildman–Crippen LogP) is 3.77. The topological polar surface area (TPSA) is 26.3 Å². The molecule has 92 valence electrons. The Kier molecular flexibility index (Phi) is 4.53. The second kappa shape index (κ2) is 6.36. The Morgan fingerprint density at radius 3 is 2.56 bits per heavy atom. The zero-order valence-corrected chi connectivity index (χ0v) is 11.4. The Balaban J connectivity index is 2.02. The van der Waals surface area contributed by atoms with Crippen molar-refractivity contribution in [1.29, 1.82) is 0 Å². The van der Waals surface area contributed by atoms with Gasteiger partial charge in [0.2, 0.25) is 0 Å².